The van der Waals surface area contributed by atoms with E-state index in [1.807, 2.05) is 11.0 Å². The van der Waals surface area contributed by atoms with Gasteiger partial charge in [0.05, 0.1) is 13.2 Å². The lowest BCUT2D eigenvalue weighted by molar-refractivity contribution is -0.181. The minimum atomic E-state index is -0.430. The van der Waals surface area contributed by atoms with Crippen LogP contribution in [0.25, 0.3) is 10.9 Å². The molecule has 0 bridgehead atoms. The molecule has 1 N–H and O–H groups in total. The molecule has 1 amide bonds. The normalized spacial score (nSPS) is 22.5. The molecular formula is C20H24N2O3. The molecule has 3 heterocycles. The van der Waals surface area contributed by atoms with Crippen molar-refractivity contribution in [2.45, 2.75) is 44.3 Å². The highest BCUT2D eigenvalue weighted by atomic mass is 16.7. The molecule has 1 aromatic heterocycles. The summed E-state index contributed by atoms with van der Waals surface area (Å²) < 4.78 is 11.5. The summed E-state index contributed by atoms with van der Waals surface area (Å²) in [5, 5.41) is 1.23. The van der Waals surface area contributed by atoms with Crippen molar-refractivity contribution < 1.29 is 14.3 Å². The first kappa shape index (κ1) is 15.4. The molecule has 5 nitrogen and oxygen atoms in total. The first-order chi connectivity index (χ1) is 12.2. The average Bonchev–Trinajstić information content (AvgIpc) is 3.26. The van der Waals surface area contributed by atoms with Gasteiger partial charge in [-0.2, -0.15) is 0 Å². The summed E-state index contributed by atoms with van der Waals surface area (Å²) in [5.74, 6) is -0.305. The Bertz CT molecular complexity index is 810. The van der Waals surface area contributed by atoms with E-state index in [0.717, 1.165) is 36.8 Å². The summed E-state index contributed by atoms with van der Waals surface area (Å²) in [4.78, 5) is 18.4. The fourth-order valence-electron chi connectivity index (χ4n) is 4.56. The van der Waals surface area contributed by atoms with Crippen LogP contribution in [0, 0.1) is 0 Å². The van der Waals surface area contributed by atoms with E-state index in [4.69, 9.17) is 9.47 Å². The van der Waals surface area contributed by atoms with Crippen molar-refractivity contribution in [1.82, 2.24) is 9.88 Å². The second-order valence-electron chi connectivity index (χ2n) is 7.45. The first-order valence-electron chi connectivity index (χ1n) is 9.45. The molecular weight excluding hydrogens is 316 g/mol. The second kappa shape index (κ2) is 5.85. The number of ether oxygens (including phenoxy) is 2. The number of H-pyrrole nitrogens is 1. The number of hydrogen-bond acceptors (Lipinski definition) is 3. The monoisotopic (exact) mass is 340 g/mol. The standard InChI is InChI=1S/C20H24N2O3/c23-19(22-9-7-20(8-10-22)24-11-12-25-20)14-5-6-18-16(13-14)15-3-1-2-4-17(15)21-18/h5-6,13,21H,1-4,7-12H2. The highest BCUT2D eigenvalue weighted by Crippen LogP contribution is 2.33. The quantitative estimate of drug-likeness (QED) is 0.868. The Kier molecular flexibility index (Phi) is 3.61. The molecule has 1 aliphatic carbocycles. The Labute approximate surface area is 147 Å². The average molecular weight is 340 g/mol. The van der Waals surface area contributed by atoms with Crippen LogP contribution in [0.1, 0.15) is 47.3 Å². The number of nitrogens with one attached hydrogen (secondary N) is 1. The van der Waals surface area contributed by atoms with E-state index in [9.17, 15) is 4.79 Å². The number of fused-ring (bicyclic) bond motifs is 3. The van der Waals surface area contributed by atoms with Crippen molar-refractivity contribution in [2.75, 3.05) is 26.3 Å². The number of carbonyl (C=O) groups is 1. The summed E-state index contributed by atoms with van der Waals surface area (Å²) in [6.07, 6.45) is 6.27. The molecule has 2 fully saturated rings. The van der Waals surface area contributed by atoms with E-state index >= 15 is 0 Å². The maximum atomic E-state index is 13.0. The van der Waals surface area contributed by atoms with Gasteiger partial charge in [0.25, 0.3) is 5.91 Å². The number of nitrogens with zero attached hydrogens (tertiary/aromatic N) is 1. The molecule has 5 heteroatoms. The molecule has 132 valence electrons. The van der Waals surface area contributed by atoms with Crippen LogP contribution in [0.5, 0.6) is 0 Å². The lowest BCUT2D eigenvalue weighted by Gasteiger charge is -2.37. The number of rotatable bonds is 1. The van der Waals surface area contributed by atoms with Gasteiger partial charge in [0.2, 0.25) is 0 Å². The summed E-state index contributed by atoms with van der Waals surface area (Å²) in [6, 6.07) is 6.11. The fourth-order valence-corrected chi connectivity index (χ4v) is 4.56. The molecule has 2 aromatic rings. The number of amides is 1. The van der Waals surface area contributed by atoms with Gasteiger partial charge in [-0.3, -0.25) is 4.79 Å². The molecule has 25 heavy (non-hydrogen) atoms. The van der Waals surface area contributed by atoms with Gasteiger partial charge in [-0.05, 0) is 49.4 Å². The van der Waals surface area contributed by atoms with E-state index in [2.05, 4.69) is 17.1 Å². The fraction of sp³-hybridized carbons (Fsp3) is 0.550. The van der Waals surface area contributed by atoms with Crippen LogP contribution >= 0.6 is 0 Å². The zero-order valence-corrected chi connectivity index (χ0v) is 14.5. The lowest BCUT2D eigenvalue weighted by atomic mass is 9.95. The third-order valence-corrected chi connectivity index (χ3v) is 5.97. The van der Waals surface area contributed by atoms with E-state index in [0.29, 0.717) is 26.3 Å². The lowest BCUT2D eigenvalue weighted by Crippen LogP contribution is -2.47. The number of piperidine rings is 1. The van der Waals surface area contributed by atoms with Crippen LogP contribution in [0.15, 0.2) is 18.2 Å². The van der Waals surface area contributed by atoms with Crippen molar-refractivity contribution in [3.05, 3.63) is 35.0 Å². The number of hydrogen-bond donors (Lipinski definition) is 1. The summed E-state index contributed by atoms with van der Waals surface area (Å²) in [7, 11) is 0. The Morgan fingerprint density at radius 3 is 2.64 bits per heavy atom. The minimum Gasteiger partial charge on any atom is -0.358 e. The molecule has 5 rings (SSSR count). The molecule has 3 aliphatic rings. The smallest absolute Gasteiger partial charge is 0.253 e. The Morgan fingerprint density at radius 2 is 1.84 bits per heavy atom. The van der Waals surface area contributed by atoms with Crippen LogP contribution in [-0.2, 0) is 22.3 Å². The SMILES string of the molecule is O=C(c1ccc2[nH]c3c(c2c1)CCCC3)N1CCC2(CC1)OCCO2. The van der Waals surface area contributed by atoms with Crippen LogP contribution in [-0.4, -0.2) is 47.9 Å². The topological polar surface area (TPSA) is 54.6 Å². The third-order valence-electron chi connectivity index (χ3n) is 5.97. The van der Waals surface area contributed by atoms with Crippen molar-refractivity contribution in [3.63, 3.8) is 0 Å². The summed E-state index contributed by atoms with van der Waals surface area (Å²) in [5.41, 5.74) is 4.74. The van der Waals surface area contributed by atoms with Crippen molar-refractivity contribution in [3.8, 4) is 0 Å². The van der Waals surface area contributed by atoms with Gasteiger partial charge >= 0.3 is 0 Å². The van der Waals surface area contributed by atoms with Crippen molar-refractivity contribution in [2.24, 2.45) is 0 Å². The van der Waals surface area contributed by atoms with Gasteiger partial charge in [0, 0.05) is 48.1 Å². The van der Waals surface area contributed by atoms with E-state index in [1.165, 1.54) is 29.5 Å². The molecule has 0 saturated carbocycles. The number of carbonyl (C=O) groups excluding carboxylic acids is 1. The first-order valence-corrected chi connectivity index (χ1v) is 9.45. The van der Waals surface area contributed by atoms with E-state index < -0.39 is 5.79 Å². The predicted molar refractivity (Wildman–Crippen MR) is 94.7 cm³/mol. The highest BCUT2D eigenvalue weighted by molar-refractivity contribution is 5.99. The van der Waals surface area contributed by atoms with Gasteiger partial charge in [-0.15, -0.1) is 0 Å². The van der Waals surface area contributed by atoms with Crippen LogP contribution in [0.3, 0.4) is 0 Å². The molecule has 2 saturated heterocycles. The van der Waals surface area contributed by atoms with Gasteiger partial charge in [0.1, 0.15) is 0 Å². The van der Waals surface area contributed by atoms with Crippen LogP contribution < -0.4 is 0 Å². The highest BCUT2D eigenvalue weighted by Gasteiger charge is 2.40. The predicted octanol–water partition coefficient (Wildman–Crippen LogP) is 3.03. The zero-order chi connectivity index (χ0) is 16.9. The third kappa shape index (κ3) is 2.57. The number of aromatic nitrogens is 1. The molecule has 0 radical (unpaired) electrons. The zero-order valence-electron chi connectivity index (χ0n) is 14.5. The maximum absolute atomic E-state index is 13.0. The molecule has 0 atom stereocenters. The summed E-state index contributed by atoms with van der Waals surface area (Å²) in [6.45, 7) is 2.73. The van der Waals surface area contributed by atoms with E-state index in [1.54, 1.807) is 0 Å². The minimum absolute atomic E-state index is 0.125. The van der Waals surface area contributed by atoms with Crippen molar-refractivity contribution in [1.29, 1.82) is 0 Å². The Balaban J connectivity index is 1.38. The van der Waals surface area contributed by atoms with Crippen LogP contribution in [0.2, 0.25) is 0 Å². The number of aryl methyl sites for hydroxylation is 2. The number of benzene rings is 1. The molecule has 2 aliphatic heterocycles. The second-order valence-corrected chi connectivity index (χ2v) is 7.45. The van der Waals surface area contributed by atoms with Crippen molar-refractivity contribution >= 4 is 16.8 Å². The Morgan fingerprint density at radius 1 is 1.08 bits per heavy atom. The molecule has 1 aromatic carbocycles. The van der Waals surface area contributed by atoms with Gasteiger partial charge in [-0.1, -0.05) is 0 Å². The Hall–Kier alpha value is -1.85. The van der Waals surface area contributed by atoms with Gasteiger partial charge in [-0.25, -0.2) is 0 Å². The van der Waals surface area contributed by atoms with E-state index in [-0.39, 0.29) is 5.91 Å². The number of likely N-dealkylation sites (tertiary alicyclic amines) is 1. The molecule has 1 spiro atoms. The molecule has 0 unspecified atom stereocenters. The van der Waals surface area contributed by atoms with Crippen LogP contribution in [0.4, 0.5) is 0 Å². The summed E-state index contributed by atoms with van der Waals surface area (Å²) >= 11 is 0. The van der Waals surface area contributed by atoms with Gasteiger partial charge < -0.3 is 19.4 Å². The largest absolute Gasteiger partial charge is 0.358 e. The maximum Gasteiger partial charge on any atom is 0.253 e. The van der Waals surface area contributed by atoms with Gasteiger partial charge in [0.15, 0.2) is 5.79 Å². The number of aromatic amines is 1.